The van der Waals surface area contributed by atoms with E-state index in [9.17, 15) is 14.4 Å². The van der Waals surface area contributed by atoms with Gasteiger partial charge in [-0.2, -0.15) is 0 Å². The van der Waals surface area contributed by atoms with Crippen molar-refractivity contribution in [3.63, 3.8) is 0 Å². The molecule has 0 saturated heterocycles. The maximum atomic E-state index is 12.9. The molecule has 1 aliphatic carbocycles. The summed E-state index contributed by atoms with van der Waals surface area (Å²) < 4.78 is 16.8. The highest BCUT2D eigenvalue weighted by atomic mass is 32.1. The fourth-order valence-corrected chi connectivity index (χ4v) is 4.49. The number of ether oxygens (including phenoxy) is 3. The number of fused-ring (bicyclic) bond motifs is 1. The predicted octanol–water partition coefficient (Wildman–Crippen LogP) is 2.69. The van der Waals surface area contributed by atoms with Crippen molar-refractivity contribution >= 4 is 33.5 Å². The third-order valence-corrected chi connectivity index (χ3v) is 6.36. The lowest BCUT2D eigenvalue weighted by atomic mass is 9.89. The lowest BCUT2D eigenvalue weighted by Gasteiger charge is -2.26. The normalized spacial score (nSPS) is 19.3. The second kappa shape index (κ2) is 9.49. The molecular weight excluding hydrogens is 396 g/mol. The standard InChI is InChI=1S/C20H26N2O6S/c1-12-4-6-14(7-5-12)28-15(23)10-22-11-21-18-16(19(22)24)13(2)17(29-18)20(25)27-9-8-26-3/h11-12,14H,4-10H2,1-3H3. The second-order valence-electron chi connectivity index (χ2n) is 7.41. The van der Waals surface area contributed by atoms with Crippen molar-refractivity contribution in [3.05, 3.63) is 27.1 Å². The van der Waals surface area contributed by atoms with Crippen molar-refractivity contribution in [2.24, 2.45) is 5.92 Å². The molecule has 1 fully saturated rings. The van der Waals surface area contributed by atoms with Gasteiger partial charge >= 0.3 is 11.9 Å². The van der Waals surface area contributed by atoms with Gasteiger partial charge < -0.3 is 14.2 Å². The van der Waals surface area contributed by atoms with Gasteiger partial charge in [0.05, 0.1) is 18.3 Å². The molecule has 0 amide bonds. The van der Waals surface area contributed by atoms with Gasteiger partial charge in [-0.3, -0.25) is 14.2 Å². The van der Waals surface area contributed by atoms with Crippen molar-refractivity contribution in [2.45, 2.75) is 52.2 Å². The lowest BCUT2D eigenvalue weighted by Crippen LogP contribution is -2.29. The Morgan fingerprint density at radius 1 is 1.24 bits per heavy atom. The maximum Gasteiger partial charge on any atom is 0.348 e. The number of methoxy groups -OCH3 is 1. The topological polar surface area (TPSA) is 96.7 Å². The zero-order chi connectivity index (χ0) is 21.0. The van der Waals surface area contributed by atoms with Gasteiger partial charge in [0.1, 0.15) is 29.0 Å². The SMILES string of the molecule is COCCOC(=O)c1sc2ncn(CC(=O)OC3CCC(C)CC3)c(=O)c2c1C. The average Bonchev–Trinajstić information content (AvgIpc) is 3.03. The molecule has 0 spiro atoms. The number of carbonyl (C=O) groups is 2. The highest BCUT2D eigenvalue weighted by Crippen LogP contribution is 2.28. The Balaban J connectivity index is 1.74. The minimum atomic E-state index is -0.514. The summed E-state index contributed by atoms with van der Waals surface area (Å²) in [6.07, 6.45) is 5.05. The molecule has 0 bridgehead atoms. The van der Waals surface area contributed by atoms with Crippen LogP contribution in [0.5, 0.6) is 0 Å². The van der Waals surface area contributed by atoms with Crippen molar-refractivity contribution in [1.82, 2.24) is 9.55 Å². The van der Waals surface area contributed by atoms with Crippen LogP contribution in [0, 0.1) is 12.8 Å². The smallest absolute Gasteiger partial charge is 0.348 e. The summed E-state index contributed by atoms with van der Waals surface area (Å²) in [7, 11) is 1.52. The van der Waals surface area contributed by atoms with E-state index in [1.165, 1.54) is 18.0 Å². The van der Waals surface area contributed by atoms with E-state index in [2.05, 4.69) is 11.9 Å². The molecule has 0 unspecified atom stereocenters. The van der Waals surface area contributed by atoms with E-state index in [4.69, 9.17) is 14.2 Å². The molecule has 1 aliphatic rings. The molecular formula is C20H26N2O6S. The zero-order valence-corrected chi connectivity index (χ0v) is 17.8. The predicted molar refractivity (Wildman–Crippen MR) is 108 cm³/mol. The first-order valence-electron chi connectivity index (χ1n) is 9.74. The van der Waals surface area contributed by atoms with E-state index in [1.54, 1.807) is 6.92 Å². The van der Waals surface area contributed by atoms with Crippen LogP contribution < -0.4 is 5.56 Å². The summed E-state index contributed by atoms with van der Waals surface area (Å²) in [4.78, 5) is 42.4. The van der Waals surface area contributed by atoms with Crippen molar-refractivity contribution < 1.29 is 23.8 Å². The molecule has 0 N–H and O–H groups in total. The van der Waals surface area contributed by atoms with E-state index in [1.807, 2.05) is 0 Å². The number of aromatic nitrogens is 2. The van der Waals surface area contributed by atoms with E-state index in [0.717, 1.165) is 37.0 Å². The molecule has 2 aromatic heterocycles. The summed E-state index contributed by atoms with van der Waals surface area (Å²) in [6, 6.07) is 0. The number of aryl methyl sites for hydroxylation is 1. The largest absolute Gasteiger partial charge is 0.461 e. The van der Waals surface area contributed by atoms with Gasteiger partial charge in [-0.1, -0.05) is 6.92 Å². The summed E-state index contributed by atoms with van der Waals surface area (Å²) in [5, 5.41) is 0.329. The fraction of sp³-hybridized carbons (Fsp3) is 0.600. The van der Waals surface area contributed by atoms with Gasteiger partial charge in [-0.15, -0.1) is 11.3 Å². The zero-order valence-electron chi connectivity index (χ0n) is 16.9. The minimum Gasteiger partial charge on any atom is -0.461 e. The molecule has 0 atom stereocenters. The van der Waals surface area contributed by atoms with E-state index in [-0.39, 0.29) is 24.8 Å². The Morgan fingerprint density at radius 3 is 2.66 bits per heavy atom. The summed E-state index contributed by atoms with van der Waals surface area (Å²) in [5.74, 6) is -0.296. The number of hydrogen-bond acceptors (Lipinski definition) is 8. The Morgan fingerprint density at radius 2 is 1.97 bits per heavy atom. The Labute approximate surface area is 172 Å². The van der Waals surface area contributed by atoms with Gasteiger partial charge in [0.15, 0.2) is 0 Å². The number of nitrogens with zero attached hydrogens (tertiary/aromatic N) is 2. The first-order chi connectivity index (χ1) is 13.9. The van der Waals surface area contributed by atoms with Gasteiger partial charge in [-0.25, -0.2) is 9.78 Å². The molecule has 8 nitrogen and oxygen atoms in total. The van der Waals surface area contributed by atoms with Crippen molar-refractivity contribution in [2.75, 3.05) is 20.3 Å². The number of carbonyl (C=O) groups excluding carboxylic acids is 2. The fourth-order valence-electron chi connectivity index (χ4n) is 3.46. The van der Waals surface area contributed by atoms with Crippen LogP contribution in [0.25, 0.3) is 10.2 Å². The molecule has 0 aliphatic heterocycles. The van der Waals surface area contributed by atoms with E-state index >= 15 is 0 Å². The highest BCUT2D eigenvalue weighted by Gasteiger charge is 2.23. The van der Waals surface area contributed by atoms with Crippen LogP contribution in [0.2, 0.25) is 0 Å². The monoisotopic (exact) mass is 422 g/mol. The Hall–Kier alpha value is -2.26. The maximum absolute atomic E-state index is 12.9. The molecule has 0 aromatic carbocycles. The molecule has 9 heteroatoms. The number of rotatable bonds is 7. The summed E-state index contributed by atoms with van der Waals surface area (Å²) >= 11 is 1.10. The molecule has 0 radical (unpaired) electrons. The van der Waals surface area contributed by atoms with Crippen LogP contribution in [0.3, 0.4) is 0 Å². The number of hydrogen-bond donors (Lipinski definition) is 0. The van der Waals surface area contributed by atoms with Crippen molar-refractivity contribution in [3.8, 4) is 0 Å². The van der Waals surface area contributed by atoms with Gasteiger partial charge in [0.2, 0.25) is 0 Å². The van der Waals surface area contributed by atoms with E-state index < -0.39 is 11.9 Å². The van der Waals surface area contributed by atoms with Crippen LogP contribution in [-0.4, -0.2) is 47.9 Å². The molecule has 3 rings (SSSR count). The third-order valence-electron chi connectivity index (χ3n) is 5.18. The number of esters is 2. The highest BCUT2D eigenvalue weighted by molar-refractivity contribution is 7.20. The van der Waals surface area contributed by atoms with Gasteiger partial charge in [0, 0.05) is 7.11 Å². The molecule has 2 heterocycles. The van der Waals surface area contributed by atoms with Crippen LogP contribution in [0.15, 0.2) is 11.1 Å². The Kier molecular flexibility index (Phi) is 7.02. The second-order valence-corrected chi connectivity index (χ2v) is 8.41. The minimum absolute atomic E-state index is 0.0811. The van der Waals surface area contributed by atoms with Crippen molar-refractivity contribution in [1.29, 1.82) is 0 Å². The molecule has 1 saturated carbocycles. The third kappa shape index (κ3) is 5.02. The van der Waals surface area contributed by atoms with Crippen LogP contribution in [0.4, 0.5) is 0 Å². The molecule has 2 aromatic rings. The average molecular weight is 423 g/mol. The first-order valence-corrected chi connectivity index (χ1v) is 10.6. The van der Waals surface area contributed by atoms with Gasteiger partial charge in [-0.05, 0) is 44.1 Å². The first kappa shape index (κ1) is 21.4. The Bertz CT molecular complexity index is 942. The van der Waals surface area contributed by atoms with Crippen LogP contribution in [0.1, 0.15) is 47.8 Å². The molecule has 158 valence electrons. The van der Waals surface area contributed by atoms with Crippen LogP contribution >= 0.6 is 11.3 Å². The quantitative estimate of drug-likeness (QED) is 0.500. The van der Waals surface area contributed by atoms with E-state index in [0.29, 0.717) is 33.2 Å². The molecule has 29 heavy (non-hydrogen) atoms. The lowest BCUT2D eigenvalue weighted by molar-refractivity contribution is -0.151. The van der Waals surface area contributed by atoms with Crippen LogP contribution in [-0.2, 0) is 25.5 Å². The number of thiophene rings is 1. The summed E-state index contributed by atoms with van der Waals surface area (Å²) in [5.41, 5.74) is 0.141. The summed E-state index contributed by atoms with van der Waals surface area (Å²) in [6.45, 7) is 4.11. The van der Waals surface area contributed by atoms with Gasteiger partial charge in [0.25, 0.3) is 5.56 Å².